The van der Waals surface area contributed by atoms with Crippen LogP contribution in [0.1, 0.15) is 18.4 Å². The van der Waals surface area contributed by atoms with Gasteiger partial charge in [-0.1, -0.05) is 28.1 Å². The molecule has 0 spiro atoms. The Morgan fingerprint density at radius 2 is 2.11 bits per heavy atom. The van der Waals surface area contributed by atoms with Crippen LogP contribution < -0.4 is 5.73 Å². The van der Waals surface area contributed by atoms with Crippen molar-refractivity contribution in [3.8, 4) is 11.1 Å². The molecule has 1 aromatic heterocycles. The van der Waals surface area contributed by atoms with E-state index in [2.05, 4.69) is 49.2 Å². The Morgan fingerprint density at radius 3 is 2.74 bits per heavy atom. The lowest BCUT2D eigenvalue weighted by atomic mass is 10.1. The number of nitrogen functional groups attached to an aromatic ring is 1. The van der Waals surface area contributed by atoms with Crippen LogP contribution in [0.15, 0.2) is 28.9 Å². The molecule has 1 fully saturated rings. The molecule has 0 atom stereocenters. The number of rotatable bonds is 3. The van der Waals surface area contributed by atoms with Crippen LogP contribution in [0.5, 0.6) is 0 Å². The molecule has 1 aliphatic heterocycles. The number of nitrogens with two attached hydrogens (primary N) is 1. The summed E-state index contributed by atoms with van der Waals surface area (Å²) in [6, 6.07) is 6.40. The normalized spacial score (nSPS) is 16.1. The highest BCUT2D eigenvalue weighted by molar-refractivity contribution is 9.10. The maximum Gasteiger partial charge on any atom is 0.126 e. The summed E-state index contributed by atoms with van der Waals surface area (Å²) in [6.07, 6.45) is 4.40. The zero-order valence-electron chi connectivity index (χ0n) is 10.7. The second kappa shape index (κ2) is 5.35. The Bertz CT molecular complexity index is 573. The average molecular weight is 321 g/mol. The zero-order chi connectivity index (χ0) is 13.2. The molecule has 3 rings (SSSR count). The van der Waals surface area contributed by atoms with Crippen LogP contribution in [0.25, 0.3) is 11.1 Å². The number of anilines is 1. The molecular weight excluding hydrogens is 304 g/mol. The van der Waals surface area contributed by atoms with E-state index in [1.165, 1.54) is 31.5 Å². The molecule has 0 amide bonds. The smallest absolute Gasteiger partial charge is 0.126 e. The molecule has 0 unspecified atom stereocenters. The third-order valence-corrected chi connectivity index (χ3v) is 4.36. The molecule has 2 heterocycles. The first-order chi connectivity index (χ1) is 9.24. The van der Waals surface area contributed by atoms with E-state index in [0.29, 0.717) is 5.82 Å². The van der Waals surface area contributed by atoms with Crippen molar-refractivity contribution in [2.45, 2.75) is 19.4 Å². The molecule has 1 saturated heterocycles. The van der Waals surface area contributed by atoms with E-state index in [0.717, 1.165) is 22.1 Å². The number of likely N-dealkylation sites (tertiary alicyclic amines) is 1. The Hall–Kier alpha value is -1.33. The number of nitrogens with zero attached hydrogens (tertiary/aromatic N) is 2. The molecule has 1 aliphatic rings. The molecule has 100 valence electrons. The number of halogens is 1. The number of hydrogen-bond acceptors (Lipinski definition) is 3. The Labute approximate surface area is 121 Å². The minimum Gasteiger partial charge on any atom is -0.384 e. The number of aromatic nitrogens is 2. The molecule has 3 N–H and O–H groups in total. The summed E-state index contributed by atoms with van der Waals surface area (Å²) in [5.41, 5.74) is 9.22. The second-order valence-electron chi connectivity index (χ2n) is 4.99. The van der Waals surface area contributed by atoms with E-state index >= 15 is 0 Å². The summed E-state index contributed by atoms with van der Waals surface area (Å²) in [4.78, 5) is 2.49. The van der Waals surface area contributed by atoms with E-state index in [-0.39, 0.29) is 0 Å². The quantitative estimate of drug-likeness (QED) is 0.914. The molecule has 2 aromatic rings. The van der Waals surface area contributed by atoms with Gasteiger partial charge in [0.25, 0.3) is 0 Å². The van der Waals surface area contributed by atoms with E-state index < -0.39 is 0 Å². The molecule has 5 heteroatoms. The minimum atomic E-state index is 0.610. The van der Waals surface area contributed by atoms with Crippen molar-refractivity contribution in [1.82, 2.24) is 15.1 Å². The summed E-state index contributed by atoms with van der Waals surface area (Å²) in [6.45, 7) is 3.44. The van der Waals surface area contributed by atoms with Crippen LogP contribution in [0, 0.1) is 0 Å². The Balaban J connectivity index is 1.83. The van der Waals surface area contributed by atoms with Crippen LogP contribution in [-0.2, 0) is 6.54 Å². The molecular formula is C14H17BrN4. The van der Waals surface area contributed by atoms with E-state index in [1.54, 1.807) is 6.20 Å². The fraction of sp³-hybridized carbons (Fsp3) is 0.357. The predicted octanol–water partition coefficient (Wildman–Crippen LogP) is 3.02. The monoisotopic (exact) mass is 320 g/mol. The summed E-state index contributed by atoms with van der Waals surface area (Å²) < 4.78 is 1.14. The topological polar surface area (TPSA) is 57.9 Å². The van der Waals surface area contributed by atoms with Crippen molar-refractivity contribution in [1.29, 1.82) is 0 Å². The first kappa shape index (κ1) is 12.7. The van der Waals surface area contributed by atoms with Gasteiger partial charge in [-0.25, -0.2) is 0 Å². The largest absolute Gasteiger partial charge is 0.384 e. The van der Waals surface area contributed by atoms with Gasteiger partial charge in [-0.05, 0) is 43.1 Å². The number of H-pyrrole nitrogens is 1. The van der Waals surface area contributed by atoms with Gasteiger partial charge < -0.3 is 5.73 Å². The van der Waals surface area contributed by atoms with Crippen molar-refractivity contribution >= 4 is 21.7 Å². The van der Waals surface area contributed by atoms with Gasteiger partial charge in [0, 0.05) is 16.6 Å². The van der Waals surface area contributed by atoms with Crippen molar-refractivity contribution in [2.75, 3.05) is 18.8 Å². The van der Waals surface area contributed by atoms with Crippen molar-refractivity contribution < 1.29 is 0 Å². The van der Waals surface area contributed by atoms with Gasteiger partial charge in [-0.15, -0.1) is 0 Å². The maximum atomic E-state index is 5.85. The fourth-order valence-corrected chi connectivity index (χ4v) is 3.06. The average Bonchev–Trinajstić information content (AvgIpc) is 3.03. The van der Waals surface area contributed by atoms with Crippen molar-refractivity contribution in [2.24, 2.45) is 0 Å². The summed E-state index contributed by atoms with van der Waals surface area (Å²) in [5, 5.41) is 6.72. The van der Waals surface area contributed by atoms with Gasteiger partial charge in [-0.3, -0.25) is 10.00 Å². The fourth-order valence-electron chi connectivity index (χ4n) is 2.55. The number of nitrogens with one attached hydrogen (secondary N) is 1. The summed E-state index contributed by atoms with van der Waals surface area (Å²) in [7, 11) is 0. The van der Waals surface area contributed by atoms with Gasteiger partial charge in [0.15, 0.2) is 0 Å². The van der Waals surface area contributed by atoms with Crippen LogP contribution in [0.2, 0.25) is 0 Å². The van der Waals surface area contributed by atoms with Crippen molar-refractivity contribution in [3.63, 3.8) is 0 Å². The highest BCUT2D eigenvalue weighted by Crippen LogP contribution is 2.29. The second-order valence-corrected chi connectivity index (χ2v) is 5.84. The zero-order valence-corrected chi connectivity index (χ0v) is 12.3. The third-order valence-electron chi connectivity index (χ3n) is 3.63. The number of hydrogen-bond donors (Lipinski definition) is 2. The lowest BCUT2D eigenvalue weighted by Crippen LogP contribution is -2.18. The predicted molar refractivity (Wildman–Crippen MR) is 80.6 cm³/mol. The molecule has 0 aliphatic carbocycles. The SMILES string of the molecule is Nc1[nH]ncc1-c1ccc(CN2CCCC2)c(Br)c1. The van der Waals surface area contributed by atoms with Gasteiger partial charge in [0.1, 0.15) is 5.82 Å². The number of benzene rings is 1. The Kier molecular flexibility index (Phi) is 3.57. The van der Waals surface area contributed by atoms with Gasteiger partial charge in [0.05, 0.1) is 6.20 Å². The van der Waals surface area contributed by atoms with Gasteiger partial charge in [0.2, 0.25) is 0 Å². The first-order valence-corrected chi connectivity index (χ1v) is 7.33. The Morgan fingerprint density at radius 1 is 1.32 bits per heavy atom. The lowest BCUT2D eigenvalue weighted by molar-refractivity contribution is 0.331. The maximum absolute atomic E-state index is 5.85. The minimum absolute atomic E-state index is 0.610. The summed E-state index contributed by atoms with van der Waals surface area (Å²) in [5.74, 6) is 0.610. The molecule has 0 bridgehead atoms. The van der Waals surface area contributed by atoms with Crippen LogP contribution in [0.3, 0.4) is 0 Å². The highest BCUT2D eigenvalue weighted by Gasteiger charge is 2.14. The van der Waals surface area contributed by atoms with E-state index in [9.17, 15) is 0 Å². The first-order valence-electron chi connectivity index (χ1n) is 6.54. The van der Waals surface area contributed by atoms with Gasteiger partial charge >= 0.3 is 0 Å². The molecule has 0 saturated carbocycles. The van der Waals surface area contributed by atoms with Crippen LogP contribution >= 0.6 is 15.9 Å². The highest BCUT2D eigenvalue weighted by atomic mass is 79.9. The third kappa shape index (κ3) is 2.67. The lowest BCUT2D eigenvalue weighted by Gasteiger charge is -2.16. The van der Waals surface area contributed by atoms with Gasteiger partial charge in [-0.2, -0.15) is 5.10 Å². The van der Waals surface area contributed by atoms with E-state index in [1.807, 2.05) is 0 Å². The summed E-state index contributed by atoms with van der Waals surface area (Å²) >= 11 is 3.67. The number of aromatic amines is 1. The molecule has 4 nitrogen and oxygen atoms in total. The molecule has 19 heavy (non-hydrogen) atoms. The molecule has 0 radical (unpaired) electrons. The molecule has 1 aromatic carbocycles. The van der Waals surface area contributed by atoms with Crippen LogP contribution in [0.4, 0.5) is 5.82 Å². The van der Waals surface area contributed by atoms with Crippen molar-refractivity contribution in [3.05, 3.63) is 34.4 Å². The standard InChI is InChI=1S/C14H17BrN4/c15-13-7-10(12-8-17-18-14(12)16)3-4-11(13)9-19-5-1-2-6-19/h3-4,7-8H,1-2,5-6,9H2,(H3,16,17,18). The van der Waals surface area contributed by atoms with Crippen LogP contribution in [-0.4, -0.2) is 28.2 Å². The van der Waals surface area contributed by atoms with E-state index in [4.69, 9.17) is 5.73 Å².